The molecular formula is C14H21N5O. The van der Waals surface area contributed by atoms with Crippen LogP contribution in [0.15, 0.2) is 0 Å². The molecule has 0 unspecified atom stereocenters. The maximum absolute atomic E-state index is 12.3. The van der Waals surface area contributed by atoms with E-state index >= 15 is 0 Å². The van der Waals surface area contributed by atoms with E-state index in [0.717, 1.165) is 26.2 Å². The Hall–Kier alpha value is -1.63. The van der Waals surface area contributed by atoms with Gasteiger partial charge in [0.05, 0.1) is 31.5 Å². The van der Waals surface area contributed by atoms with E-state index in [2.05, 4.69) is 22.4 Å². The van der Waals surface area contributed by atoms with Crippen LogP contribution >= 0.6 is 0 Å². The number of nitriles is 2. The van der Waals surface area contributed by atoms with Crippen molar-refractivity contribution in [2.24, 2.45) is 11.8 Å². The van der Waals surface area contributed by atoms with E-state index in [0.29, 0.717) is 44.3 Å². The first kappa shape index (κ1) is 14.8. The Kier molecular flexibility index (Phi) is 5.34. The van der Waals surface area contributed by atoms with Crippen molar-refractivity contribution in [3.8, 4) is 12.1 Å². The number of amides is 1. The first-order valence-electron chi connectivity index (χ1n) is 7.19. The third-order valence-corrected chi connectivity index (χ3v) is 4.16. The maximum atomic E-state index is 12.3. The molecule has 6 nitrogen and oxygen atoms in total. The highest BCUT2D eigenvalue weighted by Gasteiger charge is 2.36. The highest BCUT2D eigenvalue weighted by molar-refractivity contribution is 5.78. The molecule has 2 rings (SSSR count). The third-order valence-electron chi connectivity index (χ3n) is 4.16. The zero-order valence-electron chi connectivity index (χ0n) is 11.7. The zero-order chi connectivity index (χ0) is 14.4. The molecule has 2 aliphatic heterocycles. The van der Waals surface area contributed by atoms with Crippen LogP contribution in [-0.4, -0.2) is 61.5 Å². The molecule has 0 aromatic carbocycles. The molecule has 2 atom stereocenters. The van der Waals surface area contributed by atoms with Gasteiger partial charge in [0.2, 0.25) is 5.91 Å². The molecule has 2 saturated heterocycles. The van der Waals surface area contributed by atoms with Crippen molar-refractivity contribution in [1.29, 1.82) is 10.5 Å². The van der Waals surface area contributed by atoms with Gasteiger partial charge in [-0.2, -0.15) is 10.5 Å². The van der Waals surface area contributed by atoms with Crippen LogP contribution in [0.4, 0.5) is 0 Å². The standard InChI is InChI=1S/C14H21N5O/c15-3-1-5-19(6-2-4-16)14(20)11-18-9-12-7-17-8-13(12)10-18/h12-13,17H,1-2,5-11H2/t12-,13+. The zero-order valence-corrected chi connectivity index (χ0v) is 11.7. The number of nitrogens with zero attached hydrogens (tertiary/aromatic N) is 4. The van der Waals surface area contributed by atoms with Gasteiger partial charge in [0, 0.05) is 26.2 Å². The molecule has 0 aromatic rings. The lowest BCUT2D eigenvalue weighted by atomic mass is 10.0. The lowest BCUT2D eigenvalue weighted by Gasteiger charge is -2.24. The van der Waals surface area contributed by atoms with Crippen molar-refractivity contribution in [2.75, 3.05) is 45.8 Å². The minimum Gasteiger partial charge on any atom is -0.340 e. The summed E-state index contributed by atoms with van der Waals surface area (Å²) in [5.74, 6) is 1.40. The number of carbonyl (C=O) groups is 1. The van der Waals surface area contributed by atoms with E-state index in [1.807, 2.05) is 0 Å². The molecular weight excluding hydrogens is 254 g/mol. The van der Waals surface area contributed by atoms with E-state index in [1.165, 1.54) is 0 Å². The summed E-state index contributed by atoms with van der Waals surface area (Å²) in [6, 6.07) is 4.11. The van der Waals surface area contributed by atoms with Gasteiger partial charge in [-0.05, 0) is 24.9 Å². The van der Waals surface area contributed by atoms with Gasteiger partial charge in [0.25, 0.3) is 0 Å². The normalized spacial score (nSPS) is 24.9. The van der Waals surface area contributed by atoms with Crippen LogP contribution in [0.1, 0.15) is 12.8 Å². The van der Waals surface area contributed by atoms with Crippen LogP contribution in [-0.2, 0) is 4.79 Å². The second-order valence-corrected chi connectivity index (χ2v) is 5.57. The lowest BCUT2D eigenvalue weighted by molar-refractivity contribution is -0.132. The van der Waals surface area contributed by atoms with Gasteiger partial charge in [-0.25, -0.2) is 0 Å². The van der Waals surface area contributed by atoms with Gasteiger partial charge in [-0.1, -0.05) is 0 Å². The van der Waals surface area contributed by atoms with Crippen molar-refractivity contribution < 1.29 is 4.79 Å². The van der Waals surface area contributed by atoms with Gasteiger partial charge in [0.15, 0.2) is 0 Å². The molecule has 0 radical (unpaired) electrons. The third kappa shape index (κ3) is 3.69. The topological polar surface area (TPSA) is 83.2 Å². The first-order chi connectivity index (χ1) is 9.74. The summed E-state index contributed by atoms with van der Waals surface area (Å²) in [5.41, 5.74) is 0. The van der Waals surface area contributed by atoms with E-state index in [9.17, 15) is 4.79 Å². The molecule has 0 spiro atoms. The van der Waals surface area contributed by atoms with Crippen LogP contribution in [0.2, 0.25) is 0 Å². The second-order valence-electron chi connectivity index (χ2n) is 5.57. The van der Waals surface area contributed by atoms with E-state index < -0.39 is 0 Å². The van der Waals surface area contributed by atoms with Crippen LogP contribution < -0.4 is 5.32 Å². The molecule has 0 saturated carbocycles. The van der Waals surface area contributed by atoms with Crippen LogP contribution in [0.5, 0.6) is 0 Å². The number of hydrogen-bond acceptors (Lipinski definition) is 5. The number of nitrogens with one attached hydrogen (secondary N) is 1. The van der Waals surface area contributed by atoms with Gasteiger partial charge in [-0.3, -0.25) is 9.69 Å². The minimum absolute atomic E-state index is 0.0448. The van der Waals surface area contributed by atoms with Crippen molar-refractivity contribution in [3.05, 3.63) is 0 Å². The van der Waals surface area contributed by atoms with E-state index in [4.69, 9.17) is 10.5 Å². The monoisotopic (exact) mass is 275 g/mol. The predicted octanol–water partition coefficient (Wildman–Crippen LogP) is -0.206. The largest absolute Gasteiger partial charge is 0.340 e. The molecule has 108 valence electrons. The van der Waals surface area contributed by atoms with Crippen molar-refractivity contribution in [2.45, 2.75) is 12.8 Å². The summed E-state index contributed by atoms with van der Waals surface area (Å²) in [6.07, 6.45) is 0.651. The van der Waals surface area contributed by atoms with E-state index in [1.54, 1.807) is 4.90 Å². The number of likely N-dealkylation sites (tertiary alicyclic amines) is 1. The Balaban J connectivity index is 1.81. The van der Waals surface area contributed by atoms with Crippen LogP contribution in [0.3, 0.4) is 0 Å². The number of fused-ring (bicyclic) bond motifs is 1. The molecule has 2 aliphatic rings. The molecule has 0 bridgehead atoms. The average Bonchev–Trinajstić information content (AvgIpc) is 2.99. The highest BCUT2D eigenvalue weighted by atomic mass is 16.2. The number of rotatable bonds is 6. The van der Waals surface area contributed by atoms with Gasteiger partial charge in [-0.15, -0.1) is 0 Å². The molecule has 1 N–H and O–H groups in total. The van der Waals surface area contributed by atoms with Gasteiger partial charge < -0.3 is 10.2 Å². The second kappa shape index (κ2) is 7.23. The Morgan fingerprint density at radius 1 is 1.15 bits per heavy atom. The summed E-state index contributed by atoms with van der Waals surface area (Å²) in [4.78, 5) is 16.1. The van der Waals surface area contributed by atoms with E-state index in [-0.39, 0.29) is 5.91 Å². The fraction of sp³-hybridized carbons (Fsp3) is 0.786. The maximum Gasteiger partial charge on any atom is 0.236 e. The summed E-state index contributed by atoms with van der Waals surface area (Å²) >= 11 is 0. The molecule has 1 amide bonds. The Morgan fingerprint density at radius 3 is 2.20 bits per heavy atom. The summed E-state index contributed by atoms with van der Waals surface area (Å²) in [5, 5.41) is 20.7. The Morgan fingerprint density at radius 2 is 1.70 bits per heavy atom. The van der Waals surface area contributed by atoms with Crippen LogP contribution in [0, 0.1) is 34.5 Å². The van der Waals surface area contributed by atoms with Crippen molar-refractivity contribution in [1.82, 2.24) is 15.1 Å². The quantitative estimate of drug-likeness (QED) is 0.725. The van der Waals surface area contributed by atoms with Gasteiger partial charge >= 0.3 is 0 Å². The lowest BCUT2D eigenvalue weighted by Crippen LogP contribution is -2.41. The summed E-state index contributed by atoms with van der Waals surface area (Å²) < 4.78 is 0. The summed E-state index contributed by atoms with van der Waals surface area (Å²) in [7, 11) is 0. The minimum atomic E-state index is 0.0448. The number of hydrogen-bond donors (Lipinski definition) is 1. The summed E-state index contributed by atoms with van der Waals surface area (Å²) in [6.45, 7) is 5.35. The smallest absolute Gasteiger partial charge is 0.236 e. The molecule has 6 heteroatoms. The molecule has 0 aromatic heterocycles. The van der Waals surface area contributed by atoms with Crippen molar-refractivity contribution >= 4 is 5.91 Å². The molecule has 2 heterocycles. The van der Waals surface area contributed by atoms with Crippen molar-refractivity contribution in [3.63, 3.8) is 0 Å². The molecule has 0 aliphatic carbocycles. The fourth-order valence-electron chi connectivity index (χ4n) is 3.10. The SMILES string of the molecule is N#CCCN(CCC#N)C(=O)CN1C[C@H]2CNC[C@H]2C1. The van der Waals surface area contributed by atoms with Crippen LogP contribution in [0.25, 0.3) is 0 Å². The predicted molar refractivity (Wildman–Crippen MR) is 73.3 cm³/mol. The highest BCUT2D eigenvalue weighted by Crippen LogP contribution is 2.25. The Bertz CT molecular complexity index is 394. The fourth-order valence-corrected chi connectivity index (χ4v) is 3.10. The van der Waals surface area contributed by atoms with Gasteiger partial charge in [0.1, 0.15) is 0 Å². The molecule has 2 fully saturated rings. The molecule has 20 heavy (non-hydrogen) atoms. The number of carbonyl (C=O) groups excluding carboxylic acids is 1. The average molecular weight is 275 g/mol. The first-order valence-corrected chi connectivity index (χ1v) is 7.19. The Labute approximate surface area is 119 Å².